The van der Waals surface area contributed by atoms with Gasteiger partial charge in [-0.15, -0.1) is 11.8 Å². The first kappa shape index (κ1) is 19.8. The average molecular weight is 430 g/mol. The molecule has 1 amide bonds. The van der Waals surface area contributed by atoms with Crippen molar-refractivity contribution in [2.75, 3.05) is 51.1 Å². The summed E-state index contributed by atoms with van der Waals surface area (Å²) < 4.78 is 11.9. The molecule has 8 heteroatoms. The molecule has 4 rings (SSSR count). The van der Waals surface area contributed by atoms with E-state index >= 15 is 0 Å². The van der Waals surface area contributed by atoms with E-state index in [0.29, 0.717) is 30.3 Å². The number of fused-ring (bicyclic) bond motifs is 1. The van der Waals surface area contributed by atoms with Gasteiger partial charge in [-0.1, -0.05) is 29.5 Å². The van der Waals surface area contributed by atoms with Crippen LogP contribution in [0.25, 0.3) is 10.2 Å². The number of rotatable bonds is 6. The Hall–Kier alpha value is -2.45. The zero-order valence-electron chi connectivity index (χ0n) is 16.5. The lowest BCUT2D eigenvalue weighted by Crippen LogP contribution is -2.49. The first-order chi connectivity index (χ1) is 14.2. The van der Waals surface area contributed by atoms with Crippen molar-refractivity contribution in [1.82, 2.24) is 9.88 Å². The molecule has 1 aliphatic rings. The van der Waals surface area contributed by atoms with Crippen LogP contribution < -0.4 is 14.4 Å². The van der Waals surface area contributed by atoms with Crippen LogP contribution in [-0.2, 0) is 4.79 Å². The molecule has 0 unspecified atom stereocenters. The largest absolute Gasteiger partial charge is 0.493 e. The summed E-state index contributed by atoms with van der Waals surface area (Å²) in [6.45, 7) is 2.98. The summed E-state index contributed by atoms with van der Waals surface area (Å²) in [5.74, 6) is 2.01. The van der Waals surface area contributed by atoms with Crippen LogP contribution in [-0.4, -0.2) is 61.9 Å². The van der Waals surface area contributed by atoms with Crippen molar-refractivity contribution < 1.29 is 14.3 Å². The van der Waals surface area contributed by atoms with Gasteiger partial charge in [-0.3, -0.25) is 4.79 Å². The van der Waals surface area contributed by atoms with Crippen LogP contribution in [0.3, 0.4) is 0 Å². The molecule has 3 aromatic rings. The smallest absolute Gasteiger partial charge is 0.233 e. The van der Waals surface area contributed by atoms with Crippen LogP contribution in [0.4, 0.5) is 5.13 Å². The summed E-state index contributed by atoms with van der Waals surface area (Å²) in [5, 5.41) is 0.956. The Morgan fingerprint density at radius 1 is 1.07 bits per heavy atom. The van der Waals surface area contributed by atoms with Crippen molar-refractivity contribution in [1.29, 1.82) is 0 Å². The minimum Gasteiger partial charge on any atom is -0.493 e. The summed E-state index contributed by atoms with van der Waals surface area (Å²) in [5.41, 5.74) is 0.824. The summed E-state index contributed by atoms with van der Waals surface area (Å²) in [7, 11) is 3.26. The van der Waals surface area contributed by atoms with Gasteiger partial charge < -0.3 is 19.3 Å². The van der Waals surface area contributed by atoms with Gasteiger partial charge in [-0.05, 0) is 24.3 Å². The van der Waals surface area contributed by atoms with E-state index in [9.17, 15) is 4.79 Å². The van der Waals surface area contributed by atoms with Crippen LogP contribution in [0.5, 0.6) is 11.5 Å². The molecule has 0 radical (unpaired) electrons. The molecule has 2 aromatic carbocycles. The Morgan fingerprint density at radius 2 is 1.83 bits per heavy atom. The van der Waals surface area contributed by atoms with Crippen LogP contribution in [0.2, 0.25) is 0 Å². The lowest BCUT2D eigenvalue weighted by Gasteiger charge is -2.34. The van der Waals surface area contributed by atoms with Gasteiger partial charge in [0.1, 0.15) is 5.52 Å². The SMILES string of the molecule is COc1ccc2sc(N3CCN(C(=O)CSc4ccccc4)CC3)nc2c1OC. The summed E-state index contributed by atoms with van der Waals surface area (Å²) >= 11 is 3.23. The second kappa shape index (κ2) is 8.92. The molecule has 1 fully saturated rings. The van der Waals surface area contributed by atoms with Crippen molar-refractivity contribution in [3.8, 4) is 11.5 Å². The molecule has 29 heavy (non-hydrogen) atoms. The second-order valence-corrected chi connectivity index (χ2v) is 8.67. The van der Waals surface area contributed by atoms with Crippen molar-refractivity contribution >= 4 is 44.4 Å². The van der Waals surface area contributed by atoms with Gasteiger partial charge in [0, 0.05) is 31.1 Å². The molecule has 0 N–H and O–H groups in total. The number of hydrogen-bond acceptors (Lipinski definition) is 7. The molecule has 2 heterocycles. The number of amides is 1. The number of nitrogens with zero attached hydrogens (tertiary/aromatic N) is 3. The minimum absolute atomic E-state index is 0.189. The van der Waals surface area contributed by atoms with E-state index in [4.69, 9.17) is 14.5 Å². The average Bonchev–Trinajstić information content (AvgIpc) is 3.22. The van der Waals surface area contributed by atoms with Crippen molar-refractivity contribution in [3.05, 3.63) is 42.5 Å². The molecule has 0 aliphatic carbocycles. The molecule has 6 nitrogen and oxygen atoms in total. The number of benzene rings is 2. The molecule has 0 atom stereocenters. The highest BCUT2D eigenvalue weighted by Gasteiger charge is 2.24. The Balaban J connectivity index is 1.38. The number of anilines is 1. The number of carbonyl (C=O) groups excluding carboxylic acids is 1. The maximum absolute atomic E-state index is 12.6. The van der Waals surface area contributed by atoms with Crippen molar-refractivity contribution in [2.45, 2.75) is 4.90 Å². The molecular weight excluding hydrogens is 406 g/mol. The van der Waals surface area contributed by atoms with E-state index in [2.05, 4.69) is 4.90 Å². The van der Waals surface area contributed by atoms with E-state index in [-0.39, 0.29) is 5.91 Å². The molecule has 0 saturated carbocycles. The zero-order valence-corrected chi connectivity index (χ0v) is 18.1. The standard InChI is InChI=1S/C21H23N3O3S2/c1-26-16-8-9-17-19(20(16)27-2)22-21(29-17)24-12-10-23(11-13-24)18(25)14-28-15-6-4-3-5-7-15/h3-9H,10-14H2,1-2H3. The van der Waals surface area contributed by atoms with Gasteiger partial charge in [-0.2, -0.15) is 0 Å². The van der Waals surface area contributed by atoms with E-state index in [1.54, 1.807) is 37.3 Å². The first-order valence-corrected chi connectivity index (χ1v) is 11.2. The number of ether oxygens (including phenoxy) is 2. The predicted molar refractivity (Wildman–Crippen MR) is 119 cm³/mol. The Labute approximate surface area is 178 Å². The highest BCUT2D eigenvalue weighted by atomic mass is 32.2. The Bertz CT molecular complexity index is 986. The predicted octanol–water partition coefficient (Wildman–Crippen LogP) is 3.75. The monoisotopic (exact) mass is 429 g/mol. The Morgan fingerprint density at radius 3 is 2.52 bits per heavy atom. The number of aromatic nitrogens is 1. The summed E-state index contributed by atoms with van der Waals surface area (Å²) in [6.07, 6.45) is 0. The third kappa shape index (κ3) is 4.28. The van der Waals surface area contributed by atoms with E-state index in [0.717, 1.165) is 33.3 Å². The topological polar surface area (TPSA) is 54.9 Å². The van der Waals surface area contributed by atoms with Gasteiger partial charge in [0.2, 0.25) is 5.91 Å². The highest BCUT2D eigenvalue weighted by Crippen LogP contribution is 2.40. The Kier molecular flexibility index (Phi) is 6.10. The molecular formula is C21H23N3O3S2. The third-order valence-corrected chi connectivity index (χ3v) is 6.98. The second-order valence-electron chi connectivity index (χ2n) is 6.61. The number of hydrogen-bond donors (Lipinski definition) is 0. The number of methoxy groups -OCH3 is 2. The van der Waals surface area contributed by atoms with Crippen molar-refractivity contribution in [3.63, 3.8) is 0 Å². The molecule has 0 spiro atoms. The fourth-order valence-corrected chi connectivity index (χ4v) is 5.17. The van der Waals surface area contributed by atoms with E-state index in [1.807, 2.05) is 47.4 Å². The molecule has 0 bridgehead atoms. The molecule has 1 saturated heterocycles. The van der Waals surface area contributed by atoms with E-state index < -0.39 is 0 Å². The number of thioether (sulfide) groups is 1. The van der Waals surface area contributed by atoms with Crippen molar-refractivity contribution in [2.24, 2.45) is 0 Å². The fraction of sp³-hybridized carbons (Fsp3) is 0.333. The third-order valence-electron chi connectivity index (χ3n) is 4.90. The lowest BCUT2D eigenvalue weighted by atomic mass is 10.3. The first-order valence-electron chi connectivity index (χ1n) is 9.41. The minimum atomic E-state index is 0.189. The lowest BCUT2D eigenvalue weighted by molar-refractivity contribution is -0.128. The highest BCUT2D eigenvalue weighted by molar-refractivity contribution is 8.00. The summed E-state index contributed by atoms with van der Waals surface area (Å²) in [6, 6.07) is 14.0. The normalized spacial score (nSPS) is 14.3. The summed E-state index contributed by atoms with van der Waals surface area (Å²) in [4.78, 5) is 22.7. The maximum atomic E-state index is 12.6. The van der Waals surface area contributed by atoms with Gasteiger partial charge in [0.05, 0.1) is 24.7 Å². The fourth-order valence-electron chi connectivity index (χ4n) is 3.33. The van der Waals surface area contributed by atoms with Crippen LogP contribution in [0.15, 0.2) is 47.4 Å². The van der Waals surface area contributed by atoms with Gasteiger partial charge in [0.25, 0.3) is 0 Å². The molecule has 1 aromatic heterocycles. The number of thiazole rings is 1. The van der Waals surface area contributed by atoms with E-state index in [1.165, 1.54) is 0 Å². The zero-order chi connectivity index (χ0) is 20.2. The van der Waals surface area contributed by atoms with Crippen LogP contribution >= 0.6 is 23.1 Å². The quantitative estimate of drug-likeness (QED) is 0.556. The molecule has 152 valence electrons. The van der Waals surface area contributed by atoms with Crippen LogP contribution in [0, 0.1) is 0 Å². The molecule has 1 aliphatic heterocycles. The van der Waals surface area contributed by atoms with Gasteiger partial charge in [-0.25, -0.2) is 4.98 Å². The maximum Gasteiger partial charge on any atom is 0.233 e. The number of piperazine rings is 1. The van der Waals surface area contributed by atoms with Gasteiger partial charge in [0.15, 0.2) is 16.6 Å². The number of carbonyl (C=O) groups is 1. The van der Waals surface area contributed by atoms with Crippen LogP contribution in [0.1, 0.15) is 0 Å². The van der Waals surface area contributed by atoms with Gasteiger partial charge >= 0.3 is 0 Å².